The smallest absolute Gasteiger partial charge is 0.870 e. The molecule has 1 amide bonds. The molecule has 13 heteroatoms. The molecule has 9 nitrogen and oxygen atoms in total. The van der Waals surface area contributed by atoms with E-state index in [1.165, 1.54) is 18.2 Å². The second-order valence-electron chi connectivity index (χ2n) is 8.26. The van der Waals surface area contributed by atoms with Gasteiger partial charge in [0.1, 0.15) is 16.3 Å². The molecule has 0 heterocycles. The molecule has 2 N–H and O–H groups in total. The molecule has 0 aliphatic heterocycles. The van der Waals surface area contributed by atoms with Gasteiger partial charge >= 0.3 is 29.6 Å². The second kappa shape index (κ2) is 13.3. The van der Waals surface area contributed by atoms with Gasteiger partial charge in [-0.15, -0.1) is 5.11 Å². The molecule has 0 aromatic heterocycles. The number of halogens is 2. The molecule has 0 fully saturated rings. The largest absolute Gasteiger partial charge is 1.00 e. The third-order valence-corrected chi connectivity index (χ3v) is 7.41. The number of nitrogens with zero attached hydrogens (tertiary/aromatic N) is 2. The van der Waals surface area contributed by atoms with Gasteiger partial charge in [-0.25, -0.2) is 0 Å². The van der Waals surface area contributed by atoms with Crippen LogP contribution in [-0.2, 0) is 16.5 Å². The van der Waals surface area contributed by atoms with Crippen molar-refractivity contribution >= 4 is 67.1 Å². The average molecular weight is 610 g/mol. The Morgan fingerprint density at radius 1 is 1.02 bits per heavy atom. The van der Waals surface area contributed by atoms with Crippen molar-refractivity contribution in [1.82, 2.24) is 0 Å². The van der Waals surface area contributed by atoms with Crippen LogP contribution in [0.15, 0.2) is 75.8 Å². The van der Waals surface area contributed by atoms with Crippen LogP contribution in [0.4, 0.5) is 17.1 Å². The van der Waals surface area contributed by atoms with Crippen LogP contribution in [0.5, 0.6) is 11.5 Å². The molecule has 0 aliphatic carbocycles. The van der Waals surface area contributed by atoms with Crippen LogP contribution in [-0.4, -0.2) is 25.5 Å². The van der Waals surface area contributed by atoms with E-state index in [2.05, 4.69) is 15.5 Å². The molecule has 0 saturated heterocycles. The minimum Gasteiger partial charge on any atom is -0.870 e. The van der Waals surface area contributed by atoms with Crippen molar-refractivity contribution < 1.29 is 57.2 Å². The normalized spacial score (nSPS) is 11.4. The number of carbonyl (C=O) groups is 1. The van der Waals surface area contributed by atoms with Crippen molar-refractivity contribution in [2.24, 2.45) is 10.2 Å². The Labute approximate surface area is 263 Å². The summed E-state index contributed by atoms with van der Waals surface area (Å²) in [4.78, 5) is 12.7. The minimum atomic E-state index is -4.63. The summed E-state index contributed by atoms with van der Waals surface area (Å²) < 4.78 is 38.6. The molecule has 4 aromatic rings. The average Bonchev–Trinajstić information content (AvgIpc) is 2.89. The summed E-state index contributed by atoms with van der Waals surface area (Å²) in [6.45, 7) is 3.91. The van der Waals surface area contributed by atoms with Gasteiger partial charge in [-0.1, -0.05) is 66.2 Å². The third-order valence-electron chi connectivity index (χ3n) is 5.78. The number of fused-ring (bicyclic) bond motifs is 1. The van der Waals surface area contributed by atoms with Crippen LogP contribution in [0.2, 0.25) is 10.0 Å². The quantitative estimate of drug-likeness (QED) is 0.175. The van der Waals surface area contributed by atoms with Gasteiger partial charge in [-0.05, 0) is 48.6 Å². The number of aryl methyl sites for hydroxylation is 1. The van der Waals surface area contributed by atoms with Crippen LogP contribution in [0.1, 0.15) is 29.8 Å². The number of azo groups is 1. The first kappa shape index (κ1) is 31.8. The molecular weight excluding hydrogens is 588 g/mol. The Kier molecular flexibility index (Phi) is 10.6. The topological polar surface area (TPSA) is 140 Å². The first-order valence-corrected chi connectivity index (χ1v) is 13.9. The number of nitrogens with one attached hydrogen (secondary N) is 1. The van der Waals surface area contributed by atoms with Gasteiger partial charge in [0.15, 0.2) is 0 Å². The van der Waals surface area contributed by atoms with Crippen LogP contribution in [0.25, 0.3) is 10.8 Å². The Balaban J connectivity index is 0.00000441. The predicted molar refractivity (Wildman–Crippen MR) is 149 cm³/mol. The predicted octanol–water partition coefficient (Wildman–Crippen LogP) is 4.10. The van der Waals surface area contributed by atoms with E-state index in [0.717, 1.165) is 0 Å². The third kappa shape index (κ3) is 6.77. The molecule has 0 radical (unpaired) electrons. The van der Waals surface area contributed by atoms with Gasteiger partial charge in [0.25, 0.3) is 16.0 Å². The number of rotatable bonds is 8. The van der Waals surface area contributed by atoms with Crippen LogP contribution in [0.3, 0.4) is 0 Å². The fourth-order valence-corrected chi connectivity index (χ4v) is 5.16. The molecule has 40 heavy (non-hydrogen) atoms. The van der Waals surface area contributed by atoms with E-state index < -0.39 is 26.7 Å². The van der Waals surface area contributed by atoms with Crippen molar-refractivity contribution in [2.45, 2.75) is 25.2 Å². The molecule has 202 valence electrons. The van der Waals surface area contributed by atoms with Crippen molar-refractivity contribution in [2.75, 3.05) is 11.9 Å². The van der Waals surface area contributed by atoms with Gasteiger partial charge in [0.05, 0.1) is 23.0 Å². The number of anilines is 1. The first-order chi connectivity index (χ1) is 18.5. The summed E-state index contributed by atoms with van der Waals surface area (Å²) in [5.74, 6) is -1.07. The number of hydrogen-bond donors (Lipinski definition) is 2. The number of amides is 1. The van der Waals surface area contributed by atoms with Gasteiger partial charge in [0.2, 0.25) is 0 Å². The molecule has 0 saturated carbocycles. The van der Waals surface area contributed by atoms with Gasteiger partial charge < -0.3 is 15.2 Å². The Morgan fingerprint density at radius 2 is 1.73 bits per heavy atom. The number of carbonyl (C=O) groups excluding carboxylic acids is 1. The van der Waals surface area contributed by atoms with Crippen LogP contribution < -0.4 is 44.7 Å². The van der Waals surface area contributed by atoms with E-state index in [1.54, 1.807) is 56.3 Å². The minimum absolute atomic E-state index is 0. The van der Waals surface area contributed by atoms with E-state index in [-0.39, 0.29) is 51.5 Å². The molecular formula is C27H22Cl2N3NaO6S. The van der Waals surface area contributed by atoms with Crippen molar-refractivity contribution in [3.63, 3.8) is 0 Å². The monoisotopic (exact) mass is 609 g/mol. The molecule has 0 unspecified atom stereocenters. The van der Waals surface area contributed by atoms with Crippen molar-refractivity contribution in [3.8, 4) is 11.5 Å². The van der Waals surface area contributed by atoms with Crippen LogP contribution in [0, 0.1) is 0 Å². The molecule has 0 bridgehead atoms. The zero-order valence-electron chi connectivity index (χ0n) is 21.7. The van der Waals surface area contributed by atoms with E-state index in [9.17, 15) is 22.9 Å². The SMILES string of the molecule is CCOc1cc(Cl)ccc1NC(=O)c1cc2ccccc2c(N=Nc2c(CC)ccc(S(=O)(=O)O)c2Cl)c1[O-].[Na+]. The summed E-state index contributed by atoms with van der Waals surface area (Å²) >= 11 is 12.3. The zero-order chi connectivity index (χ0) is 28.3. The van der Waals surface area contributed by atoms with Gasteiger partial charge in [-0.2, -0.15) is 13.5 Å². The van der Waals surface area contributed by atoms with Crippen molar-refractivity contribution in [1.29, 1.82) is 0 Å². The van der Waals surface area contributed by atoms with Crippen LogP contribution >= 0.6 is 23.2 Å². The standard InChI is InChI=1S/C27H23Cl2N3O6S.Na/c1-3-15-9-12-22(39(35,36)37)23(29)24(15)31-32-25-18-8-6-5-7-16(18)13-19(26(25)33)27(34)30-20-11-10-17(28)14-21(20)38-4-2;/h5-14,33H,3-4H2,1-2H3,(H,30,34)(H,35,36,37);/q;+1/p-1. The van der Waals surface area contributed by atoms with E-state index in [0.29, 0.717) is 45.8 Å². The molecule has 0 spiro atoms. The Morgan fingerprint density at radius 3 is 2.40 bits per heavy atom. The Hall–Kier alpha value is -2.70. The second-order valence-corrected chi connectivity index (χ2v) is 10.5. The zero-order valence-corrected chi connectivity index (χ0v) is 26.1. The maximum absolute atomic E-state index is 13.5. The fourth-order valence-electron chi connectivity index (χ4n) is 3.92. The molecule has 4 aromatic carbocycles. The van der Waals surface area contributed by atoms with E-state index in [1.807, 2.05) is 0 Å². The summed E-state index contributed by atoms with van der Waals surface area (Å²) in [5.41, 5.74) is 0.495. The maximum Gasteiger partial charge on any atom is 1.00 e. The first-order valence-electron chi connectivity index (χ1n) is 11.7. The summed E-state index contributed by atoms with van der Waals surface area (Å²) in [5, 5.41) is 25.5. The maximum atomic E-state index is 13.5. The summed E-state index contributed by atoms with van der Waals surface area (Å²) in [6.07, 6.45) is 0.413. The van der Waals surface area contributed by atoms with Gasteiger partial charge in [0, 0.05) is 22.0 Å². The number of ether oxygens (including phenoxy) is 1. The molecule has 0 aliphatic rings. The fraction of sp³-hybridized carbons (Fsp3) is 0.148. The van der Waals surface area contributed by atoms with E-state index in [4.69, 9.17) is 27.9 Å². The number of benzene rings is 4. The summed E-state index contributed by atoms with van der Waals surface area (Å²) in [7, 11) is -4.63. The molecule has 4 rings (SSSR count). The molecule has 0 atom stereocenters. The van der Waals surface area contributed by atoms with Gasteiger partial charge in [-0.3, -0.25) is 9.35 Å². The number of hydrogen-bond acceptors (Lipinski definition) is 7. The Bertz CT molecular complexity index is 1730. The summed E-state index contributed by atoms with van der Waals surface area (Å²) in [6, 6.07) is 15.6. The van der Waals surface area contributed by atoms with Crippen molar-refractivity contribution in [3.05, 3.63) is 81.8 Å². The van der Waals surface area contributed by atoms with E-state index >= 15 is 0 Å².